The lowest BCUT2D eigenvalue weighted by atomic mass is 9.97. The van der Waals surface area contributed by atoms with Gasteiger partial charge in [-0.15, -0.1) is 0 Å². The summed E-state index contributed by atoms with van der Waals surface area (Å²) < 4.78 is 5.06. The molecule has 0 spiro atoms. The van der Waals surface area contributed by atoms with Gasteiger partial charge in [-0.25, -0.2) is 4.79 Å². The Labute approximate surface area is 154 Å². The van der Waals surface area contributed by atoms with E-state index in [1.54, 1.807) is 19.9 Å². The minimum atomic E-state index is -0.774. The first-order chi connectivity index (χ1) is 12.5. The van der Waals surface area contributed by atoms with Crippen molar-refractivity contribution in [2.45, 2.75) is 45.1 Å². The Morgan fingerprint density at radius 2 is 2.19 bits per heavy atom. The molecule has 1 saturated carbocycles. The second-order valence-electron chi connectivity index (χ2n) is 7.23. The molecule has 1 unspecified atom stereocenters. The Morgan fingerprint density at radius 1 is 1.42 bits per heavy atom. The van der Waals surface area contributed by atoms with Crippen LogP contribution < -0.4 is 10.2 Å². The molecule has 6 nitrogen and oxygen atoms in total. The summed E-state index contributed by atoms with van der Waals surface area (Å²) in [6.07, 6.45) is 3.78. The van der Waals surface area contributed by atoms with E-state index in [9.17, 15) is 14.9 Å². The summed E-state index contributed by atoms with van der Waals surface area (Å²) in [5.74, 6) is -0.195. The average Bonchev–Trinajstić information content (AvgIpc) is 3.47. The Balaban J connectivity index is 1.70. The van der Waals surface area contributed by atoms with E-state index in [1.807, 2.05) is 17.0 Å². The zero-order valence-electron chi connectivity index (χ0n) is 15.4. The fourth-order valence-electron chi connectivity index (χ4n) is 3.57. The number of nitriles is 1. The van der Waals surface area contributed by atoms with Crippen LogP contribution in [-0.2, 0) is 16.0 Å². The minimum Gasteiger partial charge on any atom is -0.462 e. The molecule has 1 amide bonds. The fraction of sp³-hybridized carbons (Fsp3) is 0.550. The van der Waals surface area contributed by atoms with E-state index in [0.29, 0.717) is 12.2 Å². The van der Waals surface area contributed by atoms with Crippen LogP contribution in [0.4, 0.5) is 5.69 Å². The van der Waals surface area contributed by atoms with E-state index in [-0.39, 0.29) is 24.3 Å². The van der Waals surface area contributed by atoms with Crippen LogP contribution in [0.2, 0.25) is 0 Å². The number of benzene rings is 1. The van der Waals surface area contributed by atoms with Gasteiger partial charge in [-0.2, -0.15) is 5.26 Å². The van der Waals surface area contributed by atoms with Crippen LogP contribution in [0.25, 0.3) is 0 Å². The summed E-state index contributed by atoms with van der Waals surface area (Å²) >= 11 is 0. The minimum absolute atomic E-state index is 0.136. The van der Waals surface area contributed by atoms with Gasteiger partial charge >= 0.3 is 5.97 Å². The van der Waals surface area contributed by atoms with Crippen molar-refractivity contribution in [1.82, 2.24) is 5.32 Å². The van der Waals surface area contributed by atoms with Crippen LogP contribution in [0.5, 0.6) is 0 Å². The second kappa shape index (κ2) is 7.36. The predicted molar refractivity (Wildman–Crippen MR) is 97.8 cm³/mol. The highest BCUT2D eigenvalue weighted by molar-refractivity contribution is 5.91. The Bertz CT molecular complexity index is 751. The number of hydrogen-bond donors (Lipinski definition) is 1. The van der Waals surface area contributed by atoms with Gasteiger partial charge in [0.05, 0.1) is 24.8 Å². The predicted octanol–water partition coefficient (Wildman–Crippen LogP) is 2.42. The lowest BCUT2D eigenvalue weighted by Crippen LogP contribution is -2.50. The number of hydrogen-bond acceptors (Lipinski definition) is 5. The van der Waals surface area contributed by atoms with Crippen molar-refractivity contribution in [1.29, 1.82) is 5.26 Å². The van der Waals surface area contributed by atoms with Gasteiger partial charge in [0, 0.05) is 12.2 Å². The summed E-state index contributed by atoms with van der Waals surface area (Å²) in [6.45, 7) is 4.94. The molecule has 3 rings (SSSR count). The van der Waals surface area contributed by atoms with Crippen molar-refractivity contribution >= 4 is 17.6 Å². The number of anilines is 1. The third kappa shape index (κ3) is 3.82. The average molecular weight is 355 g/mol. The zero-order valence-corrected chi connectivity index (χ0v) is 15.4. The first kappa shape index (κ1) is 18.2. The van der Waals surface area contributed by atoms with E-state index < -0.39 is 5.54 Å². The van der Waals surface area contributed by atoms with Gasteiger partial charge in [0.2, 0.25) is 5.91 Å². The third-order valence-corrected chi connectivity index (χ3v) is 5.17. The van der Waals surface area contributed by atoms with Crippen molar-refractivity contribution in [3.8, 4) is 6.07 Å². The maximum absolute atomic E-state index is 12.5. The molecule has 2 aliphatic rings. The van der Waals surface area contributed by atoms with Crippen molar-refractivity contribution in [3.63, 3.8) is 0 Å². The molecule has 26 heavy (non-hydrogen) atoms. The zero-order chi connectivity index (χ0) is 18.7. The highest BCUT2D eigenvalue weighted by Crippen LogP contribution is 2.39. The number of carbonyl (C=O) groups excluding carboxylic acids is 2. The monoisotopic (exact) mass is 355 g/mol. The normalized spacial score (nSPS) is 18.3. The van der Waals surface area contributed by atoms with Gasteiger partial charge in [-0.1, -0.05) is 0 Å². The van der Waals surface area contributed by atoms with Gasteiger partial charge in [0.1, 0.15) is 5.54 Å². The summed E-state index contributed by atoms with van der Waals surface area (Å²) in [5, 5.41) is 12.3. The van der Waals surface area contributed by atoms with Crippen molar-refractivity contribution in [2.75, 3.05) is 24.6 Å². The molecule has 0 saturated heterocycles. The number of aryl methyl sites for hydroxylation is 1. The van der Waals surface area contributed by atoms with Gasteiger partial charge in [0.25, 0.3) is 0 Å². The second-order valence-corrected chi connectivity index (χ2v) is 7.23. The van der Waals surface area contributed by atoms with Gasteiger partial charge in [-0.05, 0) is 69.2 Å². The largest absolute Gasteiger partial charge is 0.462 e. The highest BCUT2D eigenvalue weighted by atomic mass is 16.5. The Morgan fingerprint density at radius 3 is 2.85 bits per heavy atom. The summed E-state index contributed by atoms with van der Waals surface area (Å²) in [5.41, 5.74) is 1.80. The van der Waals surface area contributed by atoms with E-state index >= 15 is 0 Å². The standard InChI is InChI=1S/C20H25N3O3/c1-3-26-19(25)15-6-9-17-14(11-15)5-4-10-23(17)12-18(24)22-20(2,13-21)16-7-8-16/h6,9,11,16H,3-5,7-8,10,12H2,1-2H3,(H,22,24). The number of rotatable bonds is 6. The molecule has 1 aliphatic heterocycles. The Hall–Kier alpha value is -2.55. The SMILES string of the molecule is CCOC(=O)c1ccc2c(c1)CCCN2CC(=O)NC(C)(C#N)C1CC1. The van der Waals surface area contributed by atoms with Crippen LogP contribution in [0.15, 0.2) is 18.2 Å². The van der Waals surface area contributed by atoms with Crippen LogP contribution in [0, 0.1) is 17.2 Å². The molecule has 1 N–H and O–H groups in total. The molecule has 0 bridgehead atoms. The molecule has 1 aromatic rings. The molecule has 1 heterocycles. The number of nitrogens with one attached hydrogen (secondary N) is 1. The van der Waals surface area contributed by atoms with Crippen molar-refractivity contribution in [2.24, 2.45) is 5.92 Å². The van der Waals surface area contributed by atoms with E-state index in [0.717, 1.165) is 43.5 Å². The molecule has 0 aromatic heterocycles. The first-order valence-electron chi connectivity index (χ1n) is 9.24. The molecule has 1 fully saturated rings. The smallest absolute Gasteiger partial charge is 0.338 e. The van der Waals surface area contributed by atoms with Crippen molar-refractivity contribution < 1.29 is 14.3 Å². The van der Waals surface area contributed by atoms with Crippen LogP contribution >= 0.6 is 0 Å². The van der Waals surface area contributed by atoms with Gasteiger partial charge in [-0.3, -0.25) is 4.79 Å². The maximum atomic E-state index is 12.5. The summed E-state index contributed by atoms with van der Waals surface area (Å²) in [4.78, 5) is 26.5. The topological polar surface area (TPSA) is 82.4 Å². The number of esters is 1. The molecule has 6 heteroatoms. The van der Waals surface area contributed by atoms with Crippen molar-refractivity contribution in [3.05, 3.63) is 29.3 Å². The number of amides is 1. The van der Waals surface area contributed by atoms with Gasteiger partial charge in [0.15, 0.2) is 0 Å². The fourth-order valence-corrected chi connectivity index (χ4v) is 3.57. The van der Waals surface area contributed by atoms with E-state index in [2.05, 4.69) is 11.4 Å². The third-order valence-electron chi connectivity index (χ3n) is 5.17. The molecule has 1 atom stereocenters. The molecule has 1 aromatic carbocycles. The summed E-state index contributed by atoms with van der Waals surface area (Å²) in [7, 11) is 0. The number of carbonyl (C=O) groups is 2. The molecular weight excluding hydrogens is 330 g/mol. The molecule has 1 aliphatic carbocycles. The quantitative estimate of drug-likeness (QED) is 0.793. The van der Waals surface area contributed by atoms with Crippen LogP contribution in [0.1, 0.15) is 49.0 Å². The lowest BCUT2D eigenvalue weighted by molar-refractivity contribution is -0.121. The number of ether oxygens (including phenoxy) is 1. The van der Waals surface area contributed by atoms with E-state index in [1.165, 1.54) is 0 Å². The molecule has 0 radical (unpaired) electrons. The first-order valence-corrected chi connectivity index (χ1v) is 9.24. The molecular formula is C20H25N3O3. The highest BCUT2D eigenvalue weighted by Gasteiger charge is 2.43. The van der Waals surface area contributed by atoms with E-state index in [4.69, 9.17) is 4.74 Å². The Kier molecular flexibility index (Phi) is 5.17. The maximum Gasteiger partial charge on any atom is 0.338 e. The number of nitrogens with zero attached hydrogens (tertiary/aromatic N) is 2. The summed E-state index contributed by atoms with van der Waals surface area (Å²) in [6, 6.07) is 7.75. The number of fused-ring (bicyclic) bond motifs is 1. The van der Waals surface area contributed by atoms with Crippen LogP contribution in [-0.4, -0.2) is 37.1 Å². The molecule has 138 valence electrons. The van der Waals surface area contributed by atoms with Gasteiger partial charge < -0.3 is 15.0 Å². The van der Waals surface area contributed by atoms with Crippen LogP contribution in [0.3, 0.4) is 0 Å². The lowest BCUT2D eigenvalue weighted by Gasteiger charge is -2.32.